The van der Waals surface area contributed by atoms with Crippen molar-refractivity contribution >= 4 is 28.8 Å². The first-order valence-electron chi connectivity index (χ1n) is 3.89. The average molecular weight is 219 g/mol. The lowest BCUT2D eigenvalue weighted by atomic mass is 10.3. The van der Waals surface area contributed by atoms with Crippen LogP contribution in [0.3, 0.4) is 0 Å². The molecule has 1 atom stereocenters. The zero-order valence-electron chi connectivity index (χ0n) is 7.21. The average Bonchev–Trinajstić information content (AvgIpc) is 2.51. The minimum absolute atomic E-state index is 0.00613. The zero-order chi connectivity index (χ0) is 9.84. The second-order valence-corrected chi connectivity index (χ2v) is 4.43. The van der Waals surface area contributed by atoms with E-state index in [4.69, 9.17) is 17.3 Å². The summed E-state index contributed by atoms with van der Waals surface area (Å²) in [6.07, 6.45) is 0. The maximum absolute atomic E-state index is 11.4. The van der Waals surface area contributed by atoms with Crippen LogP contribution in [0.25, 0.3) is 0 Å². The van der Waals surface area contributed by atoms with Crippen LogP contribution in [0.15, 0.2) is 12.1 Å². The largest absolute Gasteiger partial charge is 0.348 e. The molecular weight excluding hydrogens is 208 g/mol. The molecule has 0 bridgehead atoms. The van der Waals surface area contributed by atoms with E-state index in [9.17, 15) is 4.79 Å². The third kappa shape index (κ3) is 2.99. The lowest BCUT2D eigenvalue weighted by Crippen LogP contribution is -2.37. The molecular formula is C8H11ClN2OS. The number of halogens is 1. The smallest absolute Gasteiger partial charge is 0.261 e. The van der Waals surface area contributed by atoms with Gasteiger partial charge in [0.15, 0.2) is 0 Å². The number of hydrogen-bond acceptors (Lipinski definition) is 3. The van der Waals surface area contributed by atoms with E-state index in [1.54, 1.807) is 12.1 Å². The summed E-state index contributed by atoms with van der Waals surface area (Å²) in [6.45, 7) is 2.29. The van der Waals surface area contributed by atoms with Gasteiger partial charge in [-0.15, -0.1) is 11.3 Å². The second kappa shape index (κ2) is 4.60. The number of nitrogens with one attached hydrogen (secondary N) is 1. The highest BCUT2D eigenvalue weighted by atomic mass is 35.5. The highest BCUT2D eigenvalue weighted by Crippen LogP contribution is 2.21. The lowest BCUT2D eigenvalue weighted by molar-refractivity contribution is 0.0945. The molecule has 5 heteroatoms. The molecule has 0 spiro atoms. The fourth-order valence-corrected chi connectivity index (χ4v) is 1.74. The monoisotopic (exact) mass is 218 g/mol. The normalized spacial score (nSPS) is 12.5. The number of hydrogen-bond donors (Lipinski definition) is 2. The molecule has 1 heterocycles. The summed E-state index contributed by atoms with van der Waals surface area (Å²) in [5.41, 5.74) is 5.37. The lowest BCUT2D eigenvalue weighted by Gasteiger charge is -2.09. The van der Waals surface area contributed by atoms with Crippen molar-refractivity contribution < 1.29 is 4.79 Å². The fourth-order valence-electron chi connectivity index (χ4n) is 0.790. The Morgan fingerprint density at radius 3 is 2.92 bits per heavy atom. The molecule has 1 amide bonds. The van der Waals surface area contributed by atoms with Crippen molar-refractivity contribution in [2.24, 2.45) is 5.73 Å². The predicted octanol–water partition coefficient (Wildman–Crippen LogP) is 1.48. The zero-order valence-corrected chi connectivity index (χ0v) is 8.78. The molecule has 0 radical (unpaired) electrons. The first-order chi connectivity index (χ1) is 6.13. The van der Waals surface area contributed by atoms with Crippen LogP contribution in [0, 0.1) is 0 Å². The van der Waals surface area contributed by atoms with Crippen LogP contribution in [0.5, 0.6) is 0 Å². The van der Waals surface area contributed by atoms with Crippen molar-refractivity contribution in [3.8, 4) is 0 Å². The molecule has 0 saturated carbocycles. The third-order valence-electron chi connectivity index (χ3n) is 1.53. The van der Waals surface area contributed by atoms with Gasteiger partial charge in [0.05, 0.1) is 9.21 Å². The number of amides is 1. The van der Waals surface area contributed by atoms with E-state index in [1.807, 2.05) is 6.92 Å². The molecule has 72 valence electrons. The molecule has 0 aliphatic carbocycles. The van der Waals surface area contributed by atoms with E-state index in [2.05, 4.69) is 5.32 Å². The van der Waals surface area contributed by atoms with Gasteiger partial charge in [0.25, 0.3) is 5.91 Å². The standard InChI is InChI=1S/C8H11ClN2OS/c1-5(4-10)11-8(12)6-2-3-7(9)13-6/h2-3,5H,4,10H2,1H3,(H,11,12). The molecule has 0 aliphatic heterocycles. The summed E-state index contributed by atoms with van der Waals surface area (Å²) in [7, 11) is 0. The van der Waals surface area contributed by atoms with E-state index in [-0.39, 0.29) is 11.9 Å². The maximum Gasteiger partial charge on any atom is 0.261 e. The number of nitrogens with two attached hydrogens (primary N) is 1. The van der Waals surface area contributed by atoms with Crippen molar-refractivity contribution in [3.63, 3.8) is 0 Å². The summed E-state index contributed by atoms with van der Waals surface area (Å²) in [6, 6.07) is 3.40. The van der Waals surface area contributed by atoms with Gasteiger partial charge in [-0.1, -0.05) is 11.6 Å². The Bertz CT molecular complexity index is 300. The highest BCUT2D eigenvalue weighted by molar-refractivity contribution is 7.17. The minimum Gasteiger partial charge on any atom is -0.348 e. The Balaban J connectivity index is 2.58. The Kier molecular flexibility index (Phi) is 3.71. The van der Waals surface area contributed by atoms with Gasteiger partial charge in [0.2, 0.25) is 0 Å². The van der Waals surface area contributed by atoms with Gasteiger partial charge in [-0.25, -0.2) is 0 Å². The molecule has 1 aromatic heterocycles. The fraction of sp³-hybridized carbons (Fsp3) is 0.375. The third-order valence-corrected chi connectivity index (χ3v) is 2.76. The van der Waals surface area contributed by atoms with Crippen LogP contribution in [-0.4, -0.2) is 18.5 Å². The van der Waals surface area contributed by atoms with Crippen molar-refractivity contribution in [1.82, 2.24) is 5.32 Å². The number of carbonyl (C=O) groups is 1. The molecule has 0 saturated heterocycles. The second-order valence-electron chi connectivity index (χ2n) is 2.71. The van der Waals surface area contributed by atoms with Crippen molar-refractivity contribution in [2.45, 2.75) is 13.0 Å². The van der Waals surface area contributed by atoms with Crippen LogP contribution >= 0.6 is 22.9 Å². The SMILES string of the molecule is CC(CN)NC(=O)c1ccc(Cl)s1. The van der Waals surface area contributed by atoms with E-state index in [1.165, 1.54) is 11.3 Å². The van der Waals surface area contributed by atoms with Gasteiger partial charge >= 0.3 is 0 Å². The predicted molar refractivity (Wildman–Crippen MR) is 55.3 cm³/mol. The van der Waals surface area contributed by atoms with Crippen molar-refractivity contribution in [3.05, 3.63) is 21.3 Å². The molecule has 0 aromatic carbocycles. The van der Waals surface area contributed by atoms with E-state index >= 15 is 0 Å². The van der Waals surface area contributed by atoms with Gasteiger partial charge in [-0.05, 0) is 19.1 Å². The molecule has 3 N–H and O–H groups in total. The van der Waals surface area contributed by atoms with E-state index in [0.717, 1.165) is 0 Å². The van der Waals surface area contributed by atoms with Gasteiger partial charge in [0.1, 0.15) is 0 Å². The molecule has 1 aromatic rings. The molecule has 13 heavy (non-hydrogen) atoms. The Labute approximate surface area is 85.9 Å². The minimum atomic E-state index is -0.116. The molecule has 0 fully saturated rings. The molecule has 1 rings (SSSR count). The van der Waals surface area contributed by atoms with Crippen LogP contribution in [0.2, 0.25) is 4.34 Å². The van der Waals surface area contributed by atoms with Crippen LogP contribution in [0.4, 0.5) is 0 Å². The van der Waals surface area contributed by atoms with Gasteiger partial charge in [0, 0.05) is 12.6 Å². The summed E-state index contributed by atoms with van der Waals surface area (Å²) in [5, 5.41) is 2.75. The van der Waals surface area contributed by atoms with Crippen LogP contribution < -0.4 is 11.1 Å². The first kappa shape index (κ1) is 10.5. The van der Waals surface area contributed by atoms with Crippen molar-refractivity contribution in [1.29, 1.82) is 0 Å². The summed E-state index contributed by atoms with van der Waals surface area (Å²) in [4.78, 5) is 12.0. The van der Waals surface area contributed by atoms with Crippen molar-refractivity contribution in [2.75, 3.05) is 6.54 Å². The summed E-state index contributed by atoms with van der Waals surface area (Å²) in [5.74, 6) is -0.116. The number of rotatable bonds is 3. The summed E-state index contributed by atoms with van der Waals surface area (Å²) >= 11 is 6.95. The Morgan fingerprint density at radius 1 is 1.77 bits per heavy atom. The molecule has 0 aliphatic rings. The number of carbonyl (C=O) groups excluding carboxylic acids is 1. The topological polar surface area (TPSA) is 55.1 Å². The van der Waals surface area contributed by atoms with Crippen LogP contribution in [-0.2, 0) is 0 Å². The molecule has 3 nitrogen and oxygen atoms in total. The van der Waals surface area contributed by atoms with Gasteiger partial charge in [-0.2, -0.15) is 0 Å². The van der Waals surface area contributed by atoms with Gasteiger partial charge in [-0.3, -0.25) is 4.79 Å². The Hall–Kier alpha value is -0.580. The summed E-state index contributed by atoms with van der Waals surface area (Å²) < 4.78 is 0.616. The highest BCUT2D eigenvalue weighted by Gasteiger charge is 2.10. The van der Waals surface area contributed by atoms with Crippen LogP contribution in [0.1, 0.15) is 16.6 Å². The van der Waals surface area contributed by atoms with E-state index < -0.39 is 0 Å². The molecule has 1 unspecified atom stereocenters. The quantitative estimate of drug-likeness (QED) is 0.808. The number of thiophene rings is 1. The van der Waals surface area contributed by atoms with E-state index in [0.29, 0.717) is 15.8 Å². The Morgan fingerprint density at radius 2 is 2.46 bits per heavy atom. The first-order valence-corrected chi connectivity index (χ1v) is 5.09. The maximum atomic E-state index is 11.4. The van der Waals surface area contributed by atoms with Gasteiger partial charge < -0.3 is 11.1 Å².